The highest BCUT2D eigenvalue weighted by molar-refractivity contribution is 6.34. The lowest BCUT2D eigenvalue weighted by molar-refractivity contribution is -0.155. The molecular formula is C27H31ClN2O6. The van der Waals surface area contributed by atoms with E-state index in [9.17, 15) is 19.5 Å². The second-order valence-electron chi connectivity index (χ2n) is 9.97. The normalized spacial score (nSPS) is 33.9. The molecule has 1 aromatic carbocycles. The van der Waals surface area contributed by atoms with Gasteiger partial charge in [-0.1, -0.05) is 48.0 Å². The second-order valence-corrected chi connectivity index (χ2v) is 10.4. The number of cyclic esters (lactones) is 1. The zero-order chi connectivity index (χ0) is 25.6. The van der Waals surface area contributed by atoms with Gasteiger partial charge >= 0.3 is 5.97 Å². The zero-order valence-corrected chi connectivity index (χ0v) is 21.2. The van der Waals surface area contributed by atoms with Crippen molar-refractivity contribution in [2.45, 2.75) is 56.9 Å². The fourth-order valence-corrected chi connectivity index (χ4v) is 6.41. The minimum Gasteiger partial charge on any atom is -0.465 e. The molecule has 0 aliphatic carbocycles. The molecule has 4 aliphatic heterocycles. The minimum atomic E-state index is -1.38. The van der Waals surface area contributed by atoms with Crippen LogP contribution in [0.5, 0.6) is 0 Å². The highest BCUT2D eigenvalue weighted by Crippen LogP contribution is 2.54. The van der Waals surface area contributed by atoms with Gasteiger partial charge in [0.05, 0.1) is 42.0 Å². The first-order valence-electron chi connectivity index (χ1n) is 12.5. The van der Waals surface area contributed by atoms with Crippen molar-refractivity contribution < 1.29 is 29.0 Å². The van der Waals surface area contributed by atoms with E-state index in [1.165, 1.54) is 4.90 Å². The van der Waals surface area contributed by atoms with E-state index >= 15 is 0 Å². The molecule has 1 aromatic rings. The van der Waals surface area contributed by atoms with Crippen LogP contribution in [0.15, 0.2) is 42.5 Å². The van der Waals surface area contributed by atoms with E-state index < -0.39 is 47.5 Å². The van der Waals surface area contributed by atoms with Crippen LogP contribution in [0.2, 0.25) is 5.02 Å². The molecule has 4 aliphatic rings. The topological polar surface area (TPSA) is 96.4 Å². The van der Waals surface area contributed by atoms with Crippen molar-refractivity contribution >= 4 is 35.1 Å². The number of aliphatic hydroxyl groups is 1. The number of aryl methyl sites for hydroxylation is 1. The van der Waals surface area contributed by atoms with E-state index in [0.29, 0.717) is 10.7 Å². The number of hydrogen-bond acceptors (Lipinski definition) is 6. The number of aliphatic hydroxyl groups excluding tert-OH is 1. The number of ether oxygens (including phenoxy) is 2. The highest BCUT2D eigenvalue weighted by Gasteiger charge is 2.72. The maximum absolute atomic E-state index is 14.3. The fourth-order valence-electron chi connectivity index (χ4n) is 6.08. The third-order valence-electron chi connectivity index (χ3n) is 7.74. The molecule has 2 amide bonds. The van der Waals surface area contributed by atoms with Crippen molar-refractivity contribution in [2.75, 3.05) is 24.7 Å². The molecular weight excluding hydrogens is 484 g/mol. The monoisotopic (exact) mass is 514 g/mol. The number of hydrogen-bond donors (Lipinski definition) is 1. The summed E-state index contributed by atoms with van der Waals surface area (Å²) < 4.78 is 12.1. The van der Waals surface area contributed by atoms with Crippen molar-refractivity contribution in [1.82, 2.24) is 4.90 Å². The number of allylic oxidation sites excluding steroid dienone is 1. The predicted molar refractivity (Wildman–Crippen MR) is 133 cm³/mol. The molecule has 1 N–H and O–H groups in total. The Morgan fingerprint density at radius 1 is 1.19 bits per heavy atom. The molecule has 5 rings (SSSR count). The molecule has 9 heteroatoms. The lowest BCUT2D eigenvalue weighted by atomic mass is 9.78. The number of esters is 1. The molecule has 0 bridgehead atoms. The molecule has 0 saturated carbocycles. The number of halogens is 1. The van der Waals surface area contributed by atoms with Crippen LogP contribution in [0.4, 0.5) is 5.69 Å². The van der Waals surface area contributed by atoms with E-state index in [0.717, 1.165) is 24.8 Å². The number of likely N-dealkylation sites (tertiary alicyclic amines) is 1. The minimum absolute atomic E-state index is 0.225. The lowest BCUT2D eigenvalue weighted by Gasteiger charge is -2.38. The van der Waals surface area contributed by atoms with Gasteiger partial charge in [-0.15, -0.1) is 0 Å². The van der Waals surface area contributed by atoms with Crippen LogP contribution in [0.25, 0.3) is 0 Å². The Hall–Kier alpha value is -2.68. The Bertz CT molecular complexity index is 1120. The van der Waals surface area contributed by atoms with Crippen molar-refractivity contribution in [3.8, 4) is 0 Å². The largest absolute Gasteiger partial charge is 0.465 e. The van der Waals surface area contributed by atoms with Gasteiger partial charge in [0.15, 0.2) is 0 Å². The molecule has 0 radical (unpaired) electrons. The van der Waals surface area contributed by atoms with Crippen LogP contribution in [0, 0.1) is 18.8 Å². The smallest absolute Gasteiger partial charge is 0.312 e. The maximum Gasteiger partial charge on any atom is 0.312 e. The molecule has 6 atom stereocenters. The summed E-state index contributed by atoms with van der Waals surface area (Å²) in [6.07, 6.45) is 9.09. The standard InChI is InChI=1S/C27H31ClN2O6/c1-16-9-7-10-18(28)22(16)29-13-8-12-27-21(24(32)30(17(2)15-31)23(27)25(29)33)20-19(36-27)11-5-3-4-6-14-35-26(20)34/h5,7-12,17,19-21,23,31H,3-4,6,13-15H2,1-2H3/b11-5-/t17-,19+,20-,21+,23?,27+/m1/s1. The Morgan fingerprint density at radius 2 is 2.00 bits per heavy atom. The molecule has 1 unspecified atom stereocenters. The summed E-state index contributed by atoms with van der Waals surface area (Å²) in [7, 11) is 0. The van der Waals surface area contributed by atoms with Crippen molar-refractivity contribution in [2.24, 2.45) is 11.8 Å². The van der Waals surface area contributed by atoms with Gasteiger partial charge in [0, 0.05) is 6.54 Å². The molecule has 8 nitrogen and oxygen atoms in total. The lowest BCUT2D eigenvalue weighted by Crippen LogP contribution is -2.57. The third-order valence-corrected chi connectivity index (χ3v) is 8.04. The summed E-state index contributed by atoms with van der Waals surface area (Å²) in [6.45, 7) is 3.71. The van der Waals surface area contributed by atoms with Gasteiger partial charge in [0.25, 0.3) is 5.91 Å². The Balaban J connectivity index is 1.65. The van der Waals surface area contributed by atoms with Gasteiger partial charge in [-0.25, -0.2) is 0 Å². The number of carbonyl (C=O) groups excluding carboxylic acids is 3. The number of para-hydroxylation sites is 1. The third kappa shape index (κ3) is 3.78. The maximum atomic E-state index is 14.3. The van der Waals surface area contributed by atoms with Gasteiger partial charge in [-0.3, -0.25) is 14.4 Å². The molecule has 192 valence electrons. The Morgan fingerprint density at radius 3 is 2.75 bits per heavy atom. The first kappa shape index (κ1) is 25.0. The van der Waals surface area contributed by atoms with Crippen LogP contribution >= 0.6 is 11.6 Å². The summed E-state index contributed by atoms with van der Waals surface area (Å²) >= 11 is 6.53. The molecule has 2 fully saturated rings. The van der Waals surface area contributed by atoms with Gasteiger partial charge in [0.2, 0.25) is 5.91 Å². The van der Waals surface area contributed by atoms with Crippen molar-refractivity contribution in [3.63, 3.8) is 0 Å². The quantitative estimate of drug-likeness (QED) is 0.492. The summed E-state index contributed by atoms with van der Waals surface area (Å²) in [5, 5.41) is 10.4. The van der Waals surface area contributed by atoms with E-state index in [-0.39, 0.29) is 25.7 Å². The summed E-state index contributed by atoms with van der Waals surface area (Å²) in [5.41, 5.74) is -0.000618. The van der Waals surface area contributed by atoms with Crippen molar-refractivity contribution in [3.05, 3.63) is 53.1 Å². The number of fused-ring (bicyclic) bond motifs is 2. The molecule has 36 heavy (non-hydrogen) atoms. The molecule has 2 saturated heterocycles. The fraction of sp³-hybridized carbons (Fsp3) is 0.519. The van der Waals surface area contributed by atoms with Crippen LogP contribution in [0.3, 0.4) is 0 Å². The number of anilines is 1. The van der Waals surface area contributed by atoms with Gasteiger partial charge in [-0.05, 0) is 44.7 Å². The van der Waals surface area contributed by atoms with E-state index in [2.05, 4.69) is 0 Å². The van der Waals surface area contributed by atoms with Crippen molar-refractivity contribution in [1.29, 1.82) is 0 Å². The first-order chi connectivity index (χ1) is 17.3. The highest BCUT2D eigenvalue weighted by atomic mass is 35.5. The number of nitrogens with zero attached hydrogens (tertiary/aromatic N) is 2. The first-order valence-corrected chi connectivity index (χ1v) is 12.9. The Kier molecular flexibility index (Phi) is 6.70. The van der Waals surface area contributed by atoms with Crippen LogP contribution in [-0.2, 0) is 23.9 Å². The van der Waals surface area contributed by atoms with Gasteiger partial charge in [-0.2, -0.15) is 0 Å². The summed E-state index contributed by atoms with van der Waals surface area (Å²) in [5.74, 6) is -3.11. The zero-order valence-electron chi connectivity index (χ0n) is 20.4. The van der Waals surface area contributed by atoms with Crippen LogP contribution in [0.1, 0.15) is 31.7 Å². The number of amides is 2. The van der Waals surface area contributed by atoms with E-state index in [1.807, 2.05) is 31.2 Å². The van der Waals surface area contributed by atoms with E-state index in [1.54, 1.807) is 30.0 Å². The summed E-state index contributed by atoms with van der Waals surface area (Å²) in [4.78, 5) is 44.6. The molecule has 0 aromatic heterocycles. The van der Waals surface area contributed by atoms with Gasteiger partial charge in [0.1, 0.15) is 17.6 Å². The SMILES string of the molecule is Cc1cccc(Cl)c1N1CC=C[C@]23O[C@H]4/C=C\CCCCOC(=O)[C@H]4[C@H]2C(=O)N([C@H](C)CO)C3C1=O. The second kappa shape index (κ2) is 9.65. The average molecular weight is 515 g/mol. The summed E-state index contributed by atoms with van der Waals surface area (Å²) in [6, 6.07) is 3.66. The van der Waals surface area contributed by atoms with Crippen LogP contribution in [-0.4, -0.2) is 71.3 Å². The van der Waals surface area contributed by atoms with Gasteiger partial charge < -0.3 is 24.4 Å². The van der Waals surface area contributed by atoms with Crippen LogP contribution < -0.4 is 4.90 Å². The number of rotatable bonds is 3. The Labute approximate surface area is 215 Å². The molecule has 4 heterocycles. The number of benzene rings is 1. The average Bonchev–Trinajstić information content (AvgIpc) is 3.25. The van der Waals surface area contributed by atoms with E-state index in [4.69, 9.17) is 21.1 Å². The number of carbonyl (C=O) groups is 3. The predicted octanol–water partition coefficient (Wildman–Crippen LogP) is 2.80. The molecule has 1 spiro atoms.